The van der Waals surface area contributed by atoms with Crippen LogP contribution in [0.4, 0.5) is 4.79 Å². The van der Waals surface area contributed by atoms with Gasteiger partial charge in [0.1, 0.15) is 0 Å². The highest BCUT2D eigenvalue weighted by Crippen LogP contribution is 2.48. The molecule has 2 N–H and O–H groups in total. The van der Waals surface area contributed by atoms with Gasteiger partial charge in [-0.15, -0.1) is 0 Å². The van der Waals surface area contributed by atoms with Crippen LogP contribution in [0.25, 0.3) is 0 Å². The van der Waals surface area contributed by atoms with Gasteiger partial charge in [0, 0.05) is 30.8 Å². The highest BCUT2D eigenvalue weighted by atomic mass is 79.9. The van der Waals surface area contributed by atoms with Crippen LogP contribution in [-0.2, 0) is 16.1 Å². The second-order valence-corrected chi connectivity index (χ2v) is 7.80. The van der Waals surface area contributed by atoms with Crippen LogP contribution in [0.1, 0.15) is 25.6 Å². The standard InChI is InChI=1S/C17H22BrN3O5/c1-8(2)19-17(25)21-12-6-20-11(5-4-10(18)15(20)23)14(21)13(9(12)7-22)16(24)26-3/h4-5,8-9,12-14,22H,6-7H2,1-3H3,(H,19,25)/t9-,12-,13+,14+/m1/s1. The largest absolute Gasteiger partial charge is 0.469 e. The van der Waals surface area contributed by atoms with E-state index in [9.17, 15) is 19.5 Å². The summed E-state index contributed by atoms with van der Waals surface area (Å²) in [5.74, 6) is -1.74. The van der Waals surface area contributed by atoms with Crippen LogP contribution in [0.3, 0.4) is 0 Å². The zero-order valence-corrected chi connectivity index (χ0v) is 16.4. The molecule has 0 aliphatic carbocycles. The minimum Gasteiger partial charge on any atom is -0.469 e. The number of ether oxygens (including phenoxy) is 1. The summed E-state index contributed by atoms with van der Waals surface area (Å²) in [5.41, 5.74) is 0.350. The van der Waals surface area contributed by atoms with Crippen molar-refractivity contribution in [3.63, 3.8) is 0 Å². The first-order valence-electron chi connectivity index (χ1n) is 8.48. The van der Waals surface area contributed by atoms with Crippen LogP contribution in [-0.4, -0.2) is 52.4 Å². The molecule has 1 saturated heterocycles. The van der Waals surface area contributed by atoms with E-state index in [2.05, 4.69) is 21.2 Å². The molecule has 0 unspecified atom stereocenters. The molecule has 1 aromatic heterocycles. The molecule has 2 aliphatic heterocycles. The maximum atomic E-state index is 12.8. The van der Waals surface area contributed by atoms with E-state index in [1.165, 1.54) is 7.11 Å². The van der Waals surface area contributed by atoms with Crippen molar-refractivity contribution >= 4 is 27.9 Å². The Kier molecular flexibility index (Phi) is 5.12. The van der Waals surface area contributed by atoms with E-state index < -0.39 is 29.9 Å². The van der Waals surface area contributed by atoms with Crippen LogP contribution in [0, 0.1) is 11.8 Å². The minimum atomic E-state index is -0.734. The van der Waals surface area contributed by atoms with E-state index in [1.807, 2.05) is 13.8 Å². The molecule has 8 nitrogen and oxygen atoms in total. The van der Waals surface area contributed by atoms with Crippen LogP contribution in [0.15, 0.2) is 21.4 Å². The molecule has 2 bridgehead atoms. The van der Waals surface area contributed by atoms with Crippen molar-refractivity contribution in [2.45, 2.75) is 38.5 Å². The maximum absolute atomic E-state index is 12.8. The van der Waals surface area contributed by atoms with E-state index in [0.717, 1.165) is 0 Å². The van der Waals surface area contributed by atoms with Crippen molar-refractivity contribution in [2.24, 2.45) is 11.8 Å². The van der Waals surface area contributed by atoms with Gasteiger partial charge in [-0.25, -0.2) is 4.79 Å². The number of carbonyl (C=O) groups excluding carboxylic acids is 2. The second-order valence-electron chi connectivity index (χ2n) is 6.94. The molecule has 26 heavy (non-hydrogen) atoms. The quantitative estimate of drug-likeness (QED) is 0.696. The minimum absolute atomic E-state index is 0.0832. The number of esters is 1. The van der Waals surface area contributed by atoms with Gasteiger partial charge in [0.15, 0.2) is 0 Å². The van der Waals surface area contributed by atoms with Gasteiger partial charge in [0.2, 0.25) is 0 Å². The van der Waals surface area contributed by atoms with Gasteiger partial charge in [-0.2, -0.15) is 0 Å². The summed E-state index contributed by atoms with van der Waals surface area (Å²) < 4.78 is 6.93. The zero-order valence-electron chi connectivity index (χ0n) is 14.8. The third-order valence-electron chi connectivity index (χ3n) is 5.12. The third-order valence-corrected chi connectivity index (χ3v) is 5.72. The molecule has 1 fully saturated rings. The lowest BCUT2D eigenvalue weighted by molar-refractivity contribution is -0.148. The number of aliphatic hydroxyl groups is 1. The van der Waals surface area contributed by atoms with E-state index in [-0.39, 0.29) is 30.8 Å². The van der Waals surface area contributed by atoms with Crippen molar-refractivity contribution in [3.8, 4) is 0 Å². The molecular formula is C17H22BrN3O5. The smallest absolute Gasteiger partial charge is 0.318 e. The average Bonchev–Trinajstić information content (AvgIpc) is 2.84. The molecule has 0 spiro atoms. The first-order chi connectivity index (χ1) is 12.3. The van der Waals surface area contributed by atoms with Crippen molar-refractivity contribution in [2.75, 3.05) is 13.7 Å². The molecule has 0 aromatic carbocycles. The van der Waals surface area contributed by atoms with E-state index >= 15 is 0 Å². The normalized spacial score (nSPS) is 26.6. The summed E-state index contributed by atoms with van der Waals surface area (Å²) in [5, 5.41) is 12.8. The monoisotopic (exact) mass is 427 g/mol. The molecule has 0 radical (unpaired) electrons. The number of amides is 2. The lowest BCUT2D eigenvalue weighted by Crippen LogP contribution is -2.53. The Morgan fingerprint density at radius 1 is 1.42 bits per heavy atom. The van der Waals surface area contributed by atoms with Gasteiger partial charge < -0.3 is 24.6 Å². The topological polar surface area (TPSA) is 101 Å². The number of hydrogen-bond acceptors (Lipinski definition) is 5. The van der Waals surface area contributed by atoms with Crippen molar-refractivity contribution in [3.05, 3.63) is 32.7 Å². The number of halogens is 1. The zero-order chi connectivity index (χ0) is 19.2. The Bertz CT molecular complexity index is 793. The fraction of sp³-hybridized carbons (Fsp3) is 0.588. The predicted molar refractivity (Wildman–Crippen MR) is 96.5 cm³/mol. The Morgan fingerprint density at radius 2 is 2.12 bits per heavy atom. The summed E-state index contributed by atoms with van der Waals surface area (Å²) in [4.78, 5) is 39.5. The molecule has 142 valence electrons. The molecule has 3 rings (SSSR count). The molecule has 4 atom stereocenters. The van der Waals surface area contributed by atoms with Gasteiger partial charge in [0.25, 0.3) is 5.56 Å². The lowest BCUT2D eigenvalue weighted by atomic mass is 9.87. The van der Waals surface area contributed by atoms with E-state index in [4.69, 9.17) is 4.74 Å². The van der Waals surface area contributed by atoms with Crippen LogP contribution in [0.2, 0.25) is 0 Å². The highest BCUT2D eigenvalue weighted by Gasteiger charge is 2.58. The number of hydrogen-bond donors (Lipinski definition) is 2. The number of urea groups is 1. The number of nitrogens with zero attached hydrogens (tertiary/aromatic N) is 2. The fourth-order valence-corrected chi connectivity index (χ4v) is 4.43. The summed E-state index contributed by atoms with van der Waals surface area (Å²) in [7, 11) is 1.28. The first-order valence-corrected chi connectivity index (χ1v) is 9.27. The van der Waals surface area contributed by atoms with Gasteiger partial charge in [0.05, 0.1) is 29.6 Å². The first kappa shape index (κ1) is 18.9. The number of nitrogens with one attached hydrogen (secondary N) is 1. The molecule has 3 heterocycles. The van der Waals surface area contributed by atoms with Gasteiger partial charge >= 0.3 is 12.0 Å². The van der Waals surface area contributed by atoms with Crippen LogP contribution >= 0.6 is 15.9 Å². The lowest BCUT2D eigenvalue weighted by Gasteiger charge is -2.38. The molecular weight excluding hydrogens is 406 g/mol. The van der Waals surface area contributed by atoms with Gasteiger partial charge in [-0.3, -0.25) is 9.59 Å². The number of rotatable bonds is 3. The second kappa shape index (κ2) is 7.03. The number of carbonyl (C=O) groups is 2. The number of aromatic nitrogens is 1. The number of fused-ring (bicyclic) bond motifs is 4. The van der Waals surface area contributed by atoms with Crippen LogP contribution < -0.4 is 10.9 Å². The Balaban J connectivity index is 2.16. The summed E-state index contributed by atoms with van der Waals surface area (Å²) >= 11 is 3.23. The summed E-state index contributed by atoms with van der Waals surface area (Å²) in [6, 6.07) is 1.80. The molecule has 9 heteroatoms. The van der Waals surface area contributed by atoms with E-state index in [0.29, 0.717) is 10.2 Å². The predicted octanol–water partition coefficient (Wildman–Crippen LogP) is 0.865. The Hall–Kier alpha value is -1.87. The number of methoxy groups -OCH3 is 1. The third kappa shape index (κ3) is 2.83. The van der Waals surface area contributed by atoms with Crippen molar-refractivity contribution in [1.29, 1.82) is 0 Å². The number of aliphatic hydroxyl groups excluding tert-OH is 1. The Morgan fingerprint density at radius 3 is 2.69 bits per heavy atom. The van der Waals surface area contributed by atoms with Gasteiger partial charge in [-0.05, 0) is 41.9 Å². The van der Waals surface area contributed by atoms with Crippen LogP contribution in [0.5, 0.6) is 0 Å². The fourth-order valence-electron chi connectivity index (χ4n) is 4.08. The molecule has 2 aliphatic rings. The summed E-state index contributed by atoms with van der Waals surface area (Å²) in [6.45, 7) is 3.63. The number of pyridine rings is 1. The molecule has 2 amide bonds. The Labute approximate surface area is 159 Å². The van der Waals surface area contributed by atoms with E-state index in [1.54, 1.807) is 21.6 Å². The van der Waals surface area contributed by atoms with Crippen molar-refractivity contribution < 1.29 is 19.4 Å². The average molecular weight is 428 g/mol. The molecule has 0 saturated carbocycles. The maximum Gasteiger partial charge on any atom is 0.318 e. The molecule has 1 aromatic rings. The highest BCUT2D eigenvalue weighted by molar-refractivity contribution is 9.10. The van der Waals surface area contributed by atoms with Crippen molar-refractivity contribution in [1.82, 2.24) is 14.8 Å². The SMILES string of the molecule is COC(=O)[C@H]1[C@H](CO)[C@H]2Cn3c(ccc(Br)c3=O)[C@@H]1N2C(=O)NC(C)C. The van der Waals surface area contributed by atoms with Gasteiger partial charge in [-0.1, -0.05) is 0 Å². The summed E-state index contributed by atoms with van der Waals surface area (Å²) in [6.07, 6.45) is 0.